The molecule has 1 heterocycles. The van der Waals surface area contributed by atoms with Crippen molar-refractivity contribution in [2.24, 2.45) is 5.92 Å². The first-order valence-electron chi connectivity index (χ1n) is 6.50. The lowest BCUT2D eigenvalue weighted by Crippen LogP contribution is -2.45. The van der Waals surface area contributed by atoms with Crippen molar-refractivity contribution in [2.45, 2.75) is 51.6 Å². The SMILES string of the molecule is CC1CCC(COC2=CC=CCC2)C(C)N1. The third kappa shape index (κ3) is 3.11. The van der Waals surface area contributed by atoms with Gasteiger partial charge in [0, 0.05) is 24.4 Å². The second kappa shape index (κ2) is 5.53. The Bertz CT molecular complexity index is 282. The molecule has 2 aliphatic rings. The molecule has 0 aromatic rings. The smallest absolute Gasteiger partial charge is 0.0962 e. The molecule has 1 aliphatic heterocycles. The van der Waals surface area contributed by atoms with Crippen LogP contribution in [0.25, 0.3) is 0 Å². The lowest BCUT2D eigenvalue weighted by molar-refractivity contribution is 0.111. The Morgan fingerprint density at radius 1 is 1.38 bits per heavy atom. The molecule has 0 aromatic heterocycles. The molecule has 16 heavy (non-hydrogen) atoms. The van der Waals surface area contributed by atoms with Crippen LogP contribution in [0.2, 0.25) is 0 Å². The summed E-state index contributed by atoms with van der Waals surface area (Å²) in [5.74, 6) is 1.83. The van der Waals surface area contributed by atoms with Gasteiger partial charge in [0.05, 0.1) is 12.4 Å². The van der Waals surface area contributed by atoms with E-state index in [-0.39, 0.29) is 0 Å². The fraction of sp³-hybridized carbons (Fsp3) is 0.714. The van der Waals surface area contributed by atoms with E-state index in [0.717, 1.165) is 25.2 Å². The molecule has 3 atom stereocenters. The zero-order valence-electron chi connectivity index (χ0n) is 10.4. The Morgan fingerprint density at radius 3 is 2.94 bits per heavy atom. The highest BCUT2D eigenvalue weighted by molar-refractivity contribution is 5.13. The van der Waals surface area contributed by atoms with Crippen molar-refractivity contribution >= 4 is 0 Å². The maximum absolute atomic E-state index is 5.90. The molecule has 0 spiro atoms. The summed E-state index contributed by atoms with van der Waals surface area (Å²) in [6.45, 7) is 5.42. The minimum atomic E-state index is 0.587. The molecular formula is C14H23NO. The van der Waals surface area contributed by atoms with E-state index in [2.05, 4.69) is 37.4 Å². The Hall–Kier alpha value is -0.760. The van der Waals surface area contributed by atoms with E-state index in [4.69, 9.17) is 4.74 Å². The maximum Gasteiger partial charge on any atom is 0.0962 e. The Labute approximate surface area is 98.8 Å². The van der Waals surface area contributed by atoms with Crippen LogP contribution in [-0.4, -0.2) is 18.7 Å². The first-order chi connectivity index (χ1) is 7.75. The molecule has 0 aromatic carbocycles. The molecule has 2 nitrogen and oxygen atoms in total. The molecule has 0 saturated carbocycles. The van der Waals surface area contributed by atoms with Crippen LogP contribution in [0.1, 0.15) is 39.5 Å². The van der Waals surface area contributed by atoms with Crippen LogP contribution in [0.3, 0.4) is 0 Å². The van der Waals surface area contributed by atoms with Crippen molar-refractivity contribution in [1.29, 1.82) is 0 Å². The highest BCUT2D eigenvalue weighted by Gasteiger charge is 2.25. The number of hydrogen-bond acceptors (Lipinski definition) is 2. The van der Waals surface area contributed by atoms with Gasteiger partial charge >= 0.3 is 0 Å². The molecule has 0 amide bonds. The van der Waals surface area contributed by atoms with E-state index in [1.807, 2.05) is 0 Å². The maximum atomic E-state index is 5.90. The van der Waals surface area contributed by atoms with Gasteiger partial charge in [-0.05, 0) is 39.2 Å². The van der Waals surface area contributed by atoms with Gasteiger partial charge in [-0.15, -0.1) is 0 Å². The van der Waals surface area contributed by atoms with E-state index in [9.17, 15) is 0 Å². The van der Waals surface area contributed by atoms with E-state index >= 15 is 0 Å². The summed E-state index contributed by atoms with van der Waals surface area (Å²) in [7, 11) is 0. The number of rotatable bonds is 3. The number of allylic oxidation sites excluding steroid dienone is 4. The lowest BCUT2D eigenvalue weighted by atomic mass is 9.89. The number of ether oxygens (including phenoxy) is 1. The standard InChI is InChI=1S/C14H23NO/c1-11-8-9-13(12(2)15-11)10-16-14-6-4-3-5-7-14/h3-4,6,11-13,15H,5,7-10H2,1-2H3. The van der Waals surface area contributed by atoms with Crippen molar-refractivity contribution in [2.75, 3.05) is 6.61 Å². The van der Waals surface area contributed by atoms with Crippen LogP contribution in [0.4, 0.5) is 0 Å². The molecule has 1 aliphatic carbocycles. The summed E-state index contributed by atoms with van der Waals surface area (Å²) in [5, 5.41) is 3.60. The summed E-state index contributed by atoms with van der Waals surface area (Å²) in [4.78, 5) is 0. The van der Waals surface area contributed by atoms with Crippen LogP contribution < -0.4 is 5.32 Å². The first kappa shape index (κ1) is 11.7. The van der Waals surface area contributed by atoms with Gasteiger partial charge in [0.1, 0.15) is 0 Å². The summed E-state index contributed by atoms with van der Waals surface area (Å²) in [6.07, 6.45) is 11.2. The quantitative estimate of drug-likeness (QED) is 0.791. The molecular weight excluding hydrogens is 198 g/mol. The molecule has 3 unspecified atom stereocenters. The van der Waals surface area contributed by atoms with E-state index < -0.39 is 0 Å². The van der Waals surface area contributed by atoms with Crippen molar-refractivity contribution in [3.8, 4) is 0 Å². The number of piperidine rings is 1. The zero-order chi connectivity index (χ0) is 11.4. The van der Waals surface area contributed by atoms with Crippen LogP contribution in [-0.2, 0) is 4.74 Å². The average Bonchev–Trinajstić information content (AvgIpc) is 2.29. The fourth-order valence-corrected chi connectivity index (χ4v) is 2.52. The van der Waals surface area contributed by atoms with Crippen molar-refractivity contribution < 1.29 is 4.74 Å². The Balaban J connectivity index is 1.77. The van der Waals surface area contributed by atoms with Crippen LogP contribution in [0.5, 0.6) is 0 Å². The molecule has 90 valence electrons. The van der Waals surface area contributed by atoms with Gasteiger partial charge in [-0.25, -0.2) is 0 Å². The first-order valence-corrected chi connectivity index (χ1v) is 6.50. The van der Waals surface area contributed by atoms with Crippen molar-refractivity contribution in [3.63, 3.8) is 0 Å². The van der Waals surface area contributed by atoms with Crippen LogP contribution in [0, 0.1) is 5.92 Å². The van der Waals surface area contributed by atoms with E-state index in [0.29, 0.717) is 18.0 Å². The molecule has 1 fully saturated rings. The summed E-state index contributed by atoms with van der Waals surface area (Å²) in [6, 6.07) is 1.26. The van der Waals surface area contributed by atoms with Gasteiger partial charge in [-0.1, -0.05) is 12.2 Å². The minimum absolute atomic E-state index is 0.587. The van der Waals surface area contributed by atoms with Gasteiger partial charge in [0.15, 0.2) is 0 Å². The topological polar surface area (TPSA) is 21.3 Å². The summed E-state index contributed by atoms with van der Waals surface area (Å²) >= 11 is 0. The average molecular weight is 221 g/mol. The third-order valence-electron chi connectivity index (χ3n) is 3.68. The molecule has 2 heteroatoms. The van der Waals surface area contributed by atoms with Gasteiger partial charge in [-0.3, -0.25) is 0 Å². The lowest BCUT2D eigenvalue weighted by Gasteiger charge is -2.34. The molecule has 0 bridgehead atoms. The molecule has 1 N–H and O–H groups in total. The van der Waals surface area contributed by atoms with Gasteiger partial charge in [0.25, 0.3) is 0 Å². The summed E-state index contributed by atoms with van der Waals surface area (Å²) < 4.78 is 5.90. The molecule has 1 saturated heterocycles. The van der Waals surface area contributed by atoms with Gasteiger partial charge < -0.3 is 10.1 Å². The minimum Gasteiger partial charge on any atom is -0.498 e. The van der Waals surface area contributed by atoms with E-state index in [1.165, 1.54) is 12.8 Å². The van der Waals surface area contributed by atoms with Crippen LogP contribution in [0.15, 0.2) is 24.0 Å². The predicted octanol–water partition coefficient (Wildman–Crippen LogP) is 3.01. The van der Waals surface area contributed by atoms with Gasteiger partial charge in [0.2, 0.25) is 0 Å². The number of nitrogens with one attached hydrogen (secondary N) is 1. The zero-order valence-corrected chi connectivity index (χ0v) is 10.4. The second-order valence-corrected chi connectivity index (χ2v) is 5.10. The predicted molar refractivity (Wildman–Crippen MR) is 67.2 cm³/mol. The van der Waals surface area contributed by atoms with Crippen molar-refractivity contribution in [3.05, 3.63) is 24.0 Å². The van der Waals surface area contributed by atoms with E-state index in [1.54, 1.807) is 0 Å². The number of hydrogen-bond donors (Lipinski definition) is 1. The van der Waals surface area contributed by atoms with Crippen LogP contribution >= 0.6 is 0 Å². The van der Waals surface area contributed by atoms with Gasteiger partial charge in [-0.2, -0.15) is 0 Å². The Kier molecular flexibility index (Phi) is 4.05. The largest absolute Gasteiger partial charge is 0.498 e. The Morgan fingerprint density at radius 2 is 2.25 bits per heavy atom. The second-order valence-electron chi connectivity index (χ2n) is 5.10. The normalized spacial score (nSPS) is 34.6. The fourth-order valence-electron chi connectivity index (χ4n) is 2.52. The summed E-state index contributed by atoms with van der Waals surface area (Å²) in [5.41, 5.74) is 0. The third-order valence-corrected chi connectivity index (χ3v) is 3.68. The molecule has 2 rings (SSSR count). The molecule has 0 radical (unpaired) electrons. The highest BCUT2D eigenvalue weighted by atomic mass is 16.5. The highest BCUT2D eigenvalue weighted by Crippen LogP contribution is 2.22. The monoisotopic (exact) mass is 221 g/mol. The van der Waals surface area contributed by atoms with Crippen molar-refractivity contribution in [1.82, 2.24) is 5.32 Å².